The van der Waals surface area contributed by atoms with E-state index >= 15 is 0 Å². The topological polar surface area (TPSA) is 73.1 Å². The molecule has 0 aliphatic carbocycles. The molecule has 0 heterocycles. The van der Waals surface area contributed by atoms with E-state index in [1.165, 1.54) is 0 Å². The Morgan fingerprint density at radius 1 is 1.62 bits per heavy atom. The number of nitrogens with zero attached hydrogens (tertiary/aromatic N) is 1. The number of para-hydroxylation sites is 1. The van der Waals surface area contributed by atoms with Crippen LogP contribution in [0.2, 0.25) is 0 Å². The van der Waals surface area contributed by atoms with Crippen LogP contribution in [0, 0.1) is 24.2 Å². The number of benzene rings is 1. The van der Waals surface area contributed by atoms with Crippen molar-refractivity contribution in [2.24, 2.45) is 5.92 Å². The van der Waals surface area contributed by atoms with E-state index < -0.39 is 0 Å². The number of hydrogen-bond donors (Lipinski definition) is 2. The lowest BCUT2D eigenvalue weighted by Gasteiger charge is -2.08. The van der Waals surface area contributed by atoms with E-state index in [0.717, 1.165) is 0 Å². The average molecular weight is 218 g/mol. The summed E-state index contributed by atoms with van der Waals surface area (Å²) in [5.41, 5.74) is 0.895. The molecule has 0 saturated carbocycles. The number of phenolic OH excluding ortho intramolecular Hbond substituents is 1. The summed E-state index contributed by atoms with van der Waals surface area (Å²) in [5, 5.41) is 20.8. The molecule has 16 heavy (non-hydrogen) atoms. The molecule has 0 aromatic heterocycles. The van der Waals surface area contributed by atoms with E-state index in [1.807, 2.05) is 6.07 Å². The Hall–Kier alpha value is -2.02. The molecular formula is C12H14N2O2. The summed E-state index contributed by atoms with van der Waals surface area (Å²) in [5.74, 6) is -0.608. The Bertz CT molecular complexity index is 435. The zero-order valence-electron chi connectivity index (χ0n) is 9.32. The van der Waals surface area contributed by atoms with Crippen molar-refractivity contribution in [2.75, 3.05) is 6.54 Å². The molecule has 4 heteroatoms. The first kappa shape index (κ1) is 12.1. The molecule has 84 valence electrons. The Balaban J connectivity index is 2.75. The Kier molecular flexibility index (Phi) is 3.90. The monoisotopic (exact) mass is 218 g/mol. The van der Waals surface area contributed by atoms with Gasteiger partial charge in [-0.15, -0.1) is 0 Å². The van der Waals surface area contributed by atoms with Crippen LogP contribution < -0.4 is 5.32 Å². The van der Waals surface area contributed by atoms with Crippen molar-refractivity contribution in [3.8, 4) is 11.8 Å². The summed E-state index contributed by atoms with van der Waals surface area (Å²) in [4.78, 5) is 11.7. The molecule has 0 radical (unpaired) electrons. The molecule has 0 spiro atoms. The lowest BCUT2D eigenvalue weighted by Crippen LogP contribution is -2.27. The van der Waals surface area contributed by atoms with Gasteiger partial charge in [0.15, 0.2) is 0 Å². The number of aromatic hydroxyl groups is 1. The Labute approximate surface area is 94.5 Å². The molecule has 0 aliphatic heterocycles. The number of carbonyl (C=O) groups is 1. The number of phenols is 1. The minimum absolute atomic E-state index is 0.00962. The summed E-state index contributed by atoms with van der Waals surface area (Å²) in [6.45, 7) is 3.73. The van der Waals surface area contributed by atoms with Crippen molar-refractivity contribution in [3.05, 3.63) is 29.3 Å². The third kappa shape index (κ3) is 2.74. The number of carbonyl (C=O) groups excluding carboxylic acids is 1. The highest BCUT2D eigenvalue weighted by atomic mass is 16.3. The molecule has 0 fully saturated rings. The molecule has 4 nitrogen and oxygen atoms in total. The number of rotatable bonds is 3. The first-order chi connectivity index (χ1) is 7.56. The standard InChI is InChI=1S/C12H14N2O2/c1-8(6-13)7-14-12(16)10-5-3-4-9(2)11(10)15/h3-5,8,15H,7H2,1-2H3,(H,14,16). The summed E-state index contributed by atoms with van der Waals surface area (Å²) < 4.78 is 0. The lowest BCUT2D eigenvalue weighted by atomic mass is 10.1. The van der Waals surface area contributed by atoms with Crippen molar-refractivity contribution < 1.29 is 9.90 Å². The van der Waals surface area contributed by atoms with Crippen LogP contribution in [0.3, 0.4) is 0 Å². The fourth-order valence-electron chi connectivity index (χ4n) is 1.23. The quantitative estimate of drug-likeness (QED) is 0.809. The second-order valence-electron chi connectivity index (χ2n) is 3.71. The first-order valence-corrected chi connectivity index (χ1v) is 5.02. The van der Waals surface area contributed by atoms with Crippen molar-refractivity contribution in [3.63, 3.8) is 0 Å². The first-order valence-electron chi connectivity index (χ1n) is 5.02. The molecular weight excluding hydrogens is 204 g/mol. The van der Waals surface area contributed by atoms with Gasteiger partial charge in [0.25, 0.3) is 5.91 Å². The maximum absolute atomic E-state index is 11.7. The fraction of sp³-hybridized carbons (Fsp3) is 0.333. The van der Waals surface area contributed by atoms with E-state index in [-0.39, 0.29) is 29.7 Å². The smallest absolute Gasteiger partial charge is 0.255 e. The zero-order chi connectivity index (χ0) is 12.1. The SMILES string of the molecule is Cc1cccc(C(=O)NCC(C)C#N)c1O. The van der Waals surface area contributed by atoms with Crippen molar-refractivity contribution in [2.45, 2.75) is 13.8 Å². The highest BCUT2D eigenvalue weighted by Crippen LogP contribution is 2.20. The summed E-state index contributed by atoms with van der Waals surface area (Å²) >= 11 is 0. The molecule has 1 rings (SSSR count). The summed E-state index contributed by atoms with van der Waals surface area (Å²) in [7, 11) is 0. The molecule has 0 saturated heterocycles. The maximum Gasteiger partial charge on any atom is 0.255 e. The molecule has 1 aromatic rings. The van der Waals surface area contributed by atoms with Crippen LogP contribution in [0.5, 0.6) is 5.75 Å². The maximum atomic E-state index is 11.7. The van der Waals surface area contributed by atoms with Crippen LogP contribution in [0.4, 0.5) is 0 Å². The van der Waals surface area contributed by atoms with E-state index in [9.17, 15) is 9.90 Å². The predicted molar refractivity (Wildman–Crippen MR) is 60.0 cm³/mol. The Morgan fingerprint density at radius 3 is 2.94 bits per heavy atom. The average Bonchev–Trinajstić information content (AvgIpc) is 2.29. The lowest BCUT2D eigenvalue weighted by molar-refractivity contribution is 0.0948. The summed E-state index contributed by atoms with van der Waals surface area (Å²) in [6, 6.07) is 7.00. The molecule has 1 amide bonds. The van der Waals surface area contributed by atoms with Crippen molar-refractivity contribution in [1.29, 1.82) is 5.26 Å². The number of amides is 1. The fourth-order valence-corrected chi connectivity index (χ4v) is 1.23. The highest BCUT2D eigenvalue weighted by Gasteiger charge is 2.12. The number of nitrogens with one attached hydrogen (secondary N) is 1. The predicted octanol–water partition coefficient (Wildman–Crippen LogP) is 1.59. The van der Waals surface area contributed by atoms with Crippen molar-refractivity contribution >= 4 is 5.91 Å². The van der Waals surface area contributed by atoms with Gasteiger partial charge >= 0.3 is 0 Å². The van der Waals surface area contributed by atoms with Gasteiger partial charge in [0.05, 0.1) is 17.6 Å². The molecule has 1 aromatic carbocycles. The van der Waals surface area contributed by atoms with Gasteiger partial charge in [0.1, 0.15) is 5.75 Å². The molecule has 0 aliphatic rings. The zero-order valence-corrected chi connectivity index (χ0v) is 9.32. The molecule has 0 bridgehead atoms. The number of nitriles is 1. The van der Waals surface area contributed by atoms with Crippen LogP contribution in [-0.2, 0) is 0 Å². The van der Waals surface area contributed by atoms with Crippen LogP contribution in [-0.4, -0.2) is 17.6 Å². The normalized spacial score (nSPS) is 11.6. The van der Waals surface area contributed by atoms with Crippen LogP contribution in [0.1, 0.15) is 22.8 Å². The largest absolute Gasteiger partial charge is 0.507 e. The van der Waals surface area contributed by atoms with Crippen LogP contribution in [0.15, 0.2) is 18.2 Å². The molecule has 1 unspecified atom stereocenters. The van der Waals surface area contributed by atoms with E-state index in [4.69, 9.17) is 5.26 Å². The van der Waals surface area contributed by atoms with E-state index in [0.29, 0.717) is 5.56 Å². The molecule has 1 atom stereocenters. The van der Waals surface area contributed by atoms with Crippen LogP contribution in [0.25, 0.3) is 0 Å². The van der Waals surface area contributed by atoms with Gasteiger partial charge < -0.3 is 10.4 Å². The third-order valence-corrected chi connectivity index (χ3v) is 2.27. The minimum atomic E-state index is -0.358. The van der Waals surface area contributed by atoms with E-state index in [2.05, 4.69) is 5.32 Å². The van der Waals surface area contributed by atoms with E-state index in [1.54, 1.807) is 32.0 Å². The van der Waals surface area contributed by atoms with Gasteiger partial charge in [0.2, 0.25) is 0 Å². The van der Waals surface area contributed by atoms with Gasteiger partial charge in [-0.05, 0) is 25.5 Å². The number of aryl methyl sites for hydroxylation is 1. The van der Waals surface area contributed by atoms with Gasteiger partial charge in [-0.2, -0.15) is 5.26 Å². The van der Waals surface area contributed by atoms with Crippen LogP contribution >= 0.6 is 0 Å². The van der Waals surface area contributed by atoms with Gasteiger partial charge in [0, 0.05) is 6.54 Å². The third-order valence-electron chi connectivity index (χ3n) is 2.27. The van der Waals surface area contributed by atoms with Gasteiger partial charge in [-0.3, -0.25) is 4.79 Å². The second kappa shape index (κ2) is 5.17. The minimum Gasteiger partial charge on any atom is -0.507 e. The Morgan fingerprint density at radius 2 is 2.31 bits per heavy atom. The van der Waals surface area contributed by atoms with Gasteiger partial charge in [-0.25, -0.2) is 0 Å². The highest BCUT2D eigenvalue weighted by molar-refractivity contribution is 5.97. The van der Waals surface area contributed by atoms with Crippen molar-refractivity contribution in [1.82, 2.24) is 5.32 Å². The second-order valence-corrected chi connectivity index (χ2v) is 3.71. The van der Waals surface area contributed by atoms with Gasteiger partial charge in [-0.1, -0.05) is 12.1 Å². The molecule has 2 N–H and O–H groups in total. The summed E-state index contributed by atoms with van der Waals surface area (Å²) in [6.07, 6.45) is 0. The number of hydrogen-bond acceptors (Lipinski definition) is 3.